The Morgan fingerprint density at radius 2 is 1.46 bits per heavy atom. The van der Waals surface area contributed by atoms with Crippen LogP contribution in [0.3, 0.4) is 0 Å². The van der Waals surface area contributed by atoms with Crippen LogP contribution in [-0.2, 0) is 6.42 Å². The van der Waals surface area contributed by atoms with Crippen LogP contribution in [0.2, 0.25) is 0 Å². The summed E-state index contributed by atoms with van der Waals surface area (Å²) in [4.78, 5) is 5.39. The molecule has 6 aromatic rings. The van der Waals surface area contributed by atoms with Gasteiger partial charge < -0.3 is 9.88 Å². The summed E-state index contributed by atoms with van der Waals surface area (Å²) in [7, 11) is 0. The predicted molar refractivity (Wildman–Crippen MR) is 261 cm³/mol. The summed E-state index contributed by atoms with van der Waals surface area (Å²) < 4.78 is 2.56. The molecule has 6 atom stereocenters. The maximum Gasteiger partial charge on any atom is 0.131 e. The van der Waals surface area contributed by atoms with Gasteiger partial charge in [0.1, 0.15) is 12.0 Å². The van der Waals surface area contributed by atoms with Crippen LogP contribution >= 0.6 is 0 Å². The second kappa shape index (κ2) is 15.0. The highest BCUT2D eigenvalue weighted by Crippen LogP contribution is 2.49. The van der Waals surface area contributed by atoms with E-state index in [1.807, 2.05) is 0 Å². The number of benzene rings is 5. The van der Waals surface area contributed by atoms with Gasteiger partial charge in [0.15, 0.2) is 0 Å². The molecule has 13 rings (SSSR count). The lowest BCUT2D eigenvalue weighted by Crippen LogP contribution is -2.58. The van der Waals surface area contributed by atoms with E-state index < -0.39 is 0 Å². The summed E-state index contributed by atoms with van der Waals surface area (Å²) in [6, 6.07) is 41.0. The van der Waals surface area contributed by atoms with Crippen LogP contribution in [0.5, 0.6) is 0 Å². The standard InChI is InChI=1S/C59H50N4/c1-2-13-39(14-3-1)57-60-58(62-59(61-57)44-27-31-47-43(34-44)24-23-38-12-6-7-17-46(38)47)40-25-28-45(29-26-40)63-55-33-37(22-30-52(55)54-35-41-15-4-5-16-42(41)36-56(54)63)32-53-50-20-10-8-18-48(50)49-19-9-11-21-51(49)53/h2,4-31,35-38,44,46,53,57,59,61H,1,3,32-34H2,(H,60,62). The third kappa shape index (κ3) is 6.26. The van der Waals surface area contributed by atoms with Crippen molar-refractivity contribution in [2.24, 2.45) is 28.7 Å². The van der Waals surface area contributed by atoms with Crippen LogP contribution < -0.4 is 10.6 Å². The van der Waals surface area contributed by atoms with Crippen LogP contribution in [0.1, 0.15) is 59.5 Å². The monoisotopic (exact) mass is 814 g/mol. The van der Waals surface area contributed by atoms with Crippen molar-refractivity contribution in [2.45, 2.75) is 50.4 Å². The molecule has 306 valence electrons. The molecule has 1 aromatic heterocycles. The van der Waals surface area contributed by atoms with Crippen molar-refractivity contribution in [3.8, 4) is 16.8 Å². The number of allylic oxidation sites excluding steroid dienone is 12. The molecule has 0 saturated heterocycles. The van der Waals surface area contributed by atoms with E-state index in [0.717, 1.165) is 43.5 Å². The van der Waals surface area contributed by atoms with Gasteiger partial charge in [-0.3, -0.25) is 5.32 Å². The van der Waals surface area contributed by atoms with Crippen molar-refractivity contribution in [1.29, 1.82) is 0 Å². The highest BCUT2D eigenvalue weighted by molar-refractivity contribution is 6.03. The molecule has 5 aromatic carbocycles. The molecule has 0 amide bonds. The van der Waals surface area contributed by atoms with E-state index in [0.29, 0.717) is 23.7 Å². The molecule has 2 N–H and O–H groups in total. The molecule has 0 fully saturated rings. The van der Waals surface area contributed by atoms with E-state index >= 15 is 0 Å². The molecule has 1 aliphatic heterocycles. The van der Waals surface area contributed by atoms with E-state index in [4.69, 9.17) is 4.99 Å². The highest BCUT2D eigenvalue weighted by atomic mass is 15.3. The minimum absolute atomic E-state index is 0.0350. The SMILES string of the molecule is C1=CC2C=CC3=C(C=CC(C4NC(c5ccc(-n6c7c(c8cc9ccccc9cc86)C=CC(CC6c8ccccc8-c8ccccc86)C7)cc5)=NC(C5=CCCC=C5)N4)C3)C2C=C1. The minimum Gasteiger partial charge on any atom is -0.354 e. The van der Waals surface area contributed by atoms with Crippen molar-refractivity contribution in [3.63, 3.8) is 0 Å². The maximum atomic E-state index is 5.39. The zero-order valence-corrected chi connectivity index (χ0v) is 35.4. The largest absolute Gasteiger partial charge is 0.354 e. The van der Waals surface area contributed by atoms with Gasteiger partial charge in [0.25, 0.3) is 0 Å². The molecule has 7 aliphatic rings. The Bertz CT molecular complexity index is 3090. The fraction of sp³-hybridized carbons (Fsp3) is 0.203. The third-order valence-corrected chi connectivity index (χ3v) is 14.9. The lowest BCUT2D eigenvalue weighted by Gasteiger charge is -2.39. The Balaban J connectivity index is 0.841. The molecule has 2 heterocycles. The van der Waals surface area contributed by atoms with E-state index in [9.17, 15) is 0 Å². The molecule has 4 heteroatoms. The fourth-order valence-corrected chi connectivity index (χ4v) is 11.8. The van der Waals surface area contributed by atoms with Crippen molar-refractivity contribution < 1.29 is 0 Å². The third-order valence-electron chi connectivity index (χ3n) is 14.9. The van der Waals surface area contributed by atoms with E-state index in [1.165, 1.54) is 77.6 Å². The number of nitrogens with one attached hydrogen (secondary N) is 2. The van der Waals surface area contributed by atoms with Gasteiger partial charge >= 0.3 is 0 Å². The van der Waals surface area contributed by atoms with Gasteiger partial charge in [-0.2, -0.15) is 0 Å². The van der Waals surface area contributed by atoms with Crippen LogP contribution in [0.15, 0.2) is 204 Å². The molecular formula is C59H50N4. The first-order valence-corrected chi connectivity index (χ1v) is 23.1. The number of hydrogen-bond acceptors (Lipinski definition) is 3. The Kier molecular flexibility index (Phi) is 8.75. The Labute approximate surface area is 369 Å². The first-order valence-electron chi connectivity index (χ1n) is 23.1. The number of fused-ring (bicyclic) bond motifs is 9. The van der Waals surface area contributed by atoms with Crippen LogP contribution in [0, 0.1) is 23.7 Å². The second-order valence-corrected chi connectivity index (χ2v) is 18.5. The quantitative estimate of drug-likeness (QED) is 0.176. The van der Waals surface area contributed by atoms with E-state index in [-0.39, 0.29) is 18.2 Å². The number of nitrogens with zero attached hydrogens (tertiary/aromatic N) is 2. The van der Waals surface area contributed by atoms with Gasteiger partial charge in [0, 0.05) is 51.6 Å². The Morgan fingerprint density at radius 3 is 2.27 bits per heavy atom. The number of rotatable bonds is 6. The maximum absolute atomic E-state index is 5.39. The second-order valence-electron chi connectivity index (χ2n) is 18.5. The Hall–Kier alpha value is -6.75. The zero-order chi connectivity index (χ0) is 41.4. The summed E-state index contributed by atoms with van der Waals surface area (Å²) in [6.45, 7) is 0. The van der Waals surface area contributed by atoms with Crippen molar-refractivity contribution in [1.82, 2.24) is 15.2 Å². The minimum atomic E-state index is -0.111. The first kappa shape index (κ1) is 36.9. The summed E-state index contributed by atoms with van der Waals surface area (Å²) in [5.41, 5.74) is 16.2. The molecular weight excluding hydrogens is 765 g/mol. The fourth-order valence-electron chi connectivity index (χ4n) is 11.8. The molecule has 0 bridgehead atoms. The van der Waals surface area contributed by atoms with Gasteiger partial charge in [0.2, 0.25) is 0 Å². The van der Waals surface area contributed by atoms with E-state index in [1.54, 1.807) is 0 Å². The molecule has 0 radical (unpaired) electrons. The summed E-state index contributed by atoms with van der Waals surface area (Å²) in [5, 5.41) is 11.7. The normalized spacial score (nSPS) is 25.3. The number of aliphatic imine (C=N–C) groups is 1. The van der Waals surface area contributed by atoms with Crippen LogP contribution in [-0.4, -0.2) is 22.7 Å². The molecule has 4 nitrogen and oxygen atoms in total. The summed E-state index contributed by atoms with van der Waals surface area (Å²) >= 11 is 0. The Morgan fingerprint density at radius 1 is 0.683 bits per heavy atom. The van der Waals surface area contributed by atoms with Gasteiger partial charge in [-0.1, -0.05) is 152 Å². The smallest absolute Gasteiger partial charge is 0.131 e. The predicted octanol–water partition coefficient (Wildman–Crippen LogP) is 12.8. The molecule has 0 spiro atoms. The molecule has 6 aliphatic carbocycles. The van der Waals surface area contributed by atoms with Crippen molar-refractivity contribution in [3.05, 3.63) is 227 Å². The number of aromatic nitrogens is 1. The van der Waals surface area contributed by atoms with Crippen LogP contribution in [0.4, 0.5) is 0 Å². The van der Waals surface area contributed by atoms with Gasteiger partial charge in [-0.25, -0.2) is 4.99 Å². The molecule has 63 heavy (non-hydrogen) atoms. The van der Waals surface area contributed by atoms with E-state index in [2.05, 4.69) is 203 Å². The van der Waals surface area contributed by atoms with Crippen molar-refractivity contribution in [2.75, 3.05) is 0 Å². The summed E-state index contributed by atoms with van der Waals surface area (Å²) in [6.07, 6.45) is 35.7. The topological polar surface area (TPSA) is 41.4 Å². The lowest BCUT2D eigenvalue weighted by molar-refractivity contribution is 0.339. The molecule has 6 unspecified atom stereocenters. The summed E-state index contributed by atoms with van der Waals surface area (Å²) in [5.74, 6) is 2.93. The highest BCUT2D eigenvalue weighted by Gasteiger charge is 2.35. The first-order chi connectivity index (χ1) is 31.2. The van der Waals surface area contributed by atoms with Gasteiger partial charge in [-0.05, 0) is 124 Å². The molecule has 0 saturated carbocycles. The average Bonchev–Trinajstić information content (AvgIpc) is 3.84. The van der Waals surface area contributed by atoms with Crippen molar-refractivity contribution >= 4 is 33.6 Å². The lowest BCUT2D eigenvalue weighted by atomic mass is 9.72. The average molecular weight is 815 g/mol. The van der Waals surface area contributed by atoms with Gasteiger partial charge in [0.05, 0.1) is 11.7 Å². The number of amidine groups is 1. The van der Waals surface area contributed by atoms with Crippen LogP contribution in [0.25, 0.3) is 44.6 Å². The zero-order valence-electron chi connectivity index (χ0n) is 35.4. The van der Waals surface area contributed by atoms with Gasteiger partial charge in [-0.15, -0.1) is 0 Å². The number of hydrogen-bond donors (Lipinski definition) is 2.